The van der Waals surface area contributed by atoms with Gasteiger partial charge in [0.15, 0.2) is 0 Å². The van der Waals surface area contributed by atoms with Crippen LogP contribution in [-0.2, 0) is 11.3 Å². The highest BCUT2D eigenvalue weighted by molar-refractivity contribution is 6.31. The van der Waals surface area contributed by atoms with Crippen LogP contribution in [0.15, 0.2) is 60.9 Å². The van der Waals surface area contributed by atoms with Gasteiger partial charge < -0.3 is 10.6 Å². The number of amides is 2. The van der Waals surface area contributed by atoms with Gasteiger partial charge in [0.1, 0.15) is 0 Å². The van der Waals surface area contributed by atoms with Crippen molar-refractivity contribution < 1.29 is 9.59 Å². The van der Waals surface area contributed by atoms with Crippen LogP contribution in [0.1, 0.15) is 35.7 Å². The van der Waals surface area contributed by atoms with Gasteiger partial charge in [0, 0.05) is 29.0 Å². The van der Waals surface area contributed by atoms with Crippen molar-refractivity contribution in [2.45, 2.75) is 26.3 Å². The number of halogens is 1. The Labute approximate surface area is 168 Å². The highest BCUT2D eigenvalue weighted by Crippen LogP contribution is 2.18. The summed E-state index contributed by atoms with van der Waals surface area (Å²) in [6, 6.07) is 14.6. The van der Waals surface area contributed by atoms with E-state index in [1.54, 1.807) is 35.1 Å². The maximum absolute atomic E-state index is 12.5. The van der Waals surface area contributed by atoms with Crippen molar-refractivity contribution >= 4 is 34.8 Å². The van der Waals surface area contributed by atoms with Crippen molar-refractivity contribution in [1.29, 1.82) is 0 Å². The maximum Gasteiger partial charge on any atom is 0.258 e. The van der Waals surface area contributed by atoms with Crippen LogP contribution in [0.4, 0.5) is 11.4 Å². The monoisotopic (exact) mass is 396 g/mol. The summed E-state index contributed by atoms with van der Waals surface area (Å²) in [5.41, 5.74) is 2.60. The Bertz CT molecular complexity index is 984. The molecule has 7 heteroatoms. The molecule has 0 aliphatic rings. The molecular formula is C21H21ClN4O2. The van der Waals surface area contributed by atoms with Crippen LogP contribution < -0.4 is 10.6 Å². The standard InChI is InChI=1S/C21H21ClN4O2/c1-2-6-20(27)24-17-8-5-9-18(11-17)25-21(28)16-12-23-26(14-16)13-15-7-3-4-10-19(15)22/h3-5,7-12,14H,2,6,13H2,1H3,(H,24,27)(H,25,28). The molecule has 0 atom stereocenters. The van der Waals surface area contributed by atoms with E-state index < -0.39 is 0 Å². The first-order valence-electron chi connectivity index (χ1n) is 9.02. The summed E-state index contributed by atoms with van der Waals surface area (Å²) in [5.74, 6) is -0.325. The summed E-state index contributed by atoms with van der Waals surface area (Å²) in [5, 5.41) is 10.5. The third-order valence-corrected chi connectivity index (χ3v) is 4.44. The lowest BCUT2D eigenvalue weighted by molar-refractivity contribution is -0.116. The topological polar surface area (TPSA) is 76.0 Å². The molecule has 0 bridgehead atoms. The minimum atomic E-state index is -0.276. The maximum atomic E-state index is 12.5. The molecule has 1 heterocycles. The van der Waals surface area contributed by atoms with Crippen molar-refractivity contribution in [3.05, 3.63) is 77.1 Å². The molecule has 0 spiro atoms. The quantitative estimate of drug-likeness (QED) is 0.613. The number of hydrogen-bond donors (Lipinski definition) is 2. The Morgan fingerprint density at radius 3 is 2.57 bits per heavy atom. The number of hydrogen-bond acceptors (Lipinski definition) is 3. The molecule has 0 aliphatic carbocycles. The highest BCUT2D eigenvalue weighted by atomic mass is 35.5. The molecule has 0 saturated carbocycles. The number of aromatic nitrogens is 2. The van der Waals surface area contributed by atoms with Crippen molar-refractivity contribution in [2.24, 2.45) is 0 Å². The zero-order valence-electron chi connectivity index (χ0n) is 15.5. The summed E-state index contributed by atoms with van der Waals surface area (Å²) in [6.07, 6.45) is 4.42. The van der Waals surface area contributed by atoms with E-state index >= 15 is 0 Å². The lowest BCUT2D eigenvalue weighted by atomic mass is 10.2. The van der Waals surface area contributed by atoms with Crippen LogP contribution >= 0.6 is 11.6 Å². The molecule has 3 rings (SSSR count). The van der Waals surface area contributed by atoms with Crippen LogP contribution in [0, 0.1) is 0 Å². The van der Waals surface area contributed by atoms with Crippen LogP contribution in [0.5, 0.6) is 0 Å². The summed E-state index contributed by atoms with van der Waals surface area (Å²) in [4.78, 5) is 24.2. The SMILES string of the molecule is CCCC(=O)Nc1cccc(NC(=O)c2cnn(Cc3ccccc3Cl)c2)c1. The Kier molecular flexibility index (Phi) is 6.45. The molecule has 0 aliphatic heterocycles. The fourth-order valence-electron chi connectivity index (χ4n) is 2.70. The first-order valence-corrected chi connectivity index (χ1v) is 9.40. The minimum absolute atomic E-state index is 0.0492. The second-order valence-corrected chi connectivity index (χ2v) is 6.76. The lowest BCUT2D eigenvalue weighted by Crippen LogP contribution is -2.13. The zero-order chi connectivity index (χ0) is 19.9. The van der Waals surface area contributed by atoms with Crippen molar-refractivity contribution in [3.8, 4) is 0 Å². The Morgan fingerprint density at radius 1 is 1.07 bits per heavy atom. The Hall–Kier alpha value is -3.12. The number of carbonyl (C=O) groups is 2. The number of nitrogens with zero attached hydrogens (tertiary/aromatic N) is 2. The molecule has 2 amide bonds. The van der Waals surface area contributed by atoms with Crippen LogP contribution in [-0.4, -0.2) is 21.6 Å². The van der Waals surface area contributed by atoms with Crippen molar-refractivity contribution in [2.75, 3.05) is 10.6 Å². The molecule has 2 N–H and O–H groups in total. The minimum Gasteiger partial charge on any atom is -0.326 e. The van der Waals surface area contributed by atoms with Gasteiger partial charge in [-0.2, -0.15) is 5.10 Å². The molecule has 3 aromatic rings. The largest absolute Gasteiger partial charge is 0.326 e. The van der Waals surface area contributed by atoms with E-state index in [1.807, 2.05) is 31.2 Å². The zero-order valence-corrected chi connectivity index (χ0v) is 16.2. The molecule has 0 unspecified atom stereocenters. The number of anilines is 2. The third kappa shape index (κ3) is 5.20. The predicted molar refractivity (Wildman–Crippen MR) is 111 cm³/mol. The second-order valence-electron chi connectivity index (χ2n) is 6.35. The fraction of sp³-hybridized carbons (Fsp3) is 0.190. The van der Waals surface area contributed by atoms with Gasteiger partial charge in [-0.25, -0.2) is 0 Å². The first kappa shape index (κ1) is 19.6. The van der Waals surface area contributed by atoms with E-state index in [4.69, 9.17) is 11.6 Å². The lowest BCUT2D eigenvalue weighted by Gasteiger charge is -2.08. The van der Waals surface area contributed by atoms with Crippen LogP contribution in [0.25, 0.3) is 0 Å². The second kappa shape index (κ2) is 9.19. The molecule has 2 aromatic carbocycles. The number of nitrogens with one attached hydrogen (secondary N) is 2. The highest BCUT2D eigenvalue weighted by Gasteiger charge is 2.11. The fourth-order valence-corrected chi connectivity index (χ4v) is 2.89. The van der Waals surface area contributed by atoms with E-state index in [0.717, 1.165) is 12.0 Å². The van der Waals surface area contributed by atoms with E-state index in [1.165, 1.54) is 6.20 Å². The average Bonchev–Trinajstić information content (AvgIpc) is 3.13. The Balaban J connectivity index is 1.65. The molecule has 144 valence electrons. The molecule has 0 saturated heterocycles. The van der Waals surface area contributed by atoms with Gasteiger partial charge >= 0.3 is 0 Å². The van der Waals surface area contributed by atoms with Gasteiger partial charge in [0.2, 0.25) is 5.91 Å². The smallest absolute Gasteiger partial charge is 0.258 e. The summed E-state index contributed by atoms with van der Waals surface area (Å²) in [7, 11) is 0. The number of rotatable bonds is 7. The molecule has 6 nitrogen and oxygen atoms in total. The number of carbonyl (C=O) groups excluding carboxylic acids is 2. The average molecular weight is 397 g/mol. The van der Waals surface area contributed by atoms with E-state index in [-0.39, 0.29) is 11.8 Å². The molecule has 28 heavy (non-hydrogen) atoms. The van der Waals surface area contributed by atoms with Crippen LogP contribution in [0.2, 0.25) is 5.02 Å². The van der Waals surface area contributed by atoms with Gasteiger partial charge in [0.05, 0.1) is 18.3 Å². The normalized spacial score (nSPS) is 10.5. The summed E-state index contributed by atoms with van der Waals surface area (Å²) < 4.78 is 1.66. The molecule has 1 aromatic heterocycles. The van der Waals surface area contributed by atoms with Crippen LogP contribution in [0.3, 0.4) is 0 Å². The molecule has 0 radical (unpaired) electrons. The molecule has 0 fully saturated rings. The van der Waals surface area contributed by atoms with E-state index in [9.17, 15) is 9.59 Å². The van der Waals surface area contributed by atoms with Crippen molar-refractivity contribution in [1.82, 2.24) is 9.78 Å². The predicted octanol–water partition coefficient (Wildman–Crippen LogP) is 4.58. The van der Waals surface area contributed by atoms with Gasteiger partial charge in [-0.05, 0) is 36.2 Å². The number of benzene rings is 2. The molecular weight excluding hydrogens is 376 g/mol. The van der Waals surface area contributed by atoms with E-state index in [2.05, 4.69) is 15.7 Å². The van der Waals surface area contributed by atoms with Crippen molar-refractivity contribution in [3.63, 3.8) is 0 Å². The summed E-state index contributed by atoms with van der Waals surface area (Å²) >= 11 is 6.17. The summed E-state index contributed by atoms with van der Waals surface area (Å²) in [6.45, 7) is 2.42. The van der Waals surface area contributed by atoms with Gasteiger partial charge in [0.25, 0.3) is 5.91 Å². The van der Waals surface area contributed by atoms with Gasteiger partial charge in [-0.1, -0.05) is 42.8 Å². The first-order chi connectivity index (χ1) is 13.5. The van der Waals surface area contributed by atoms with Gasteiger partial charge in [-0.15, -0.1) is 0 Å². The third-order valence-electron chi connectivity index (χ3n) is 4.07. The van der Waals surface area contributed by atoms with Gasteiger partial charge in [-0.3, -0.25) is 14.3 Å². The van der Waals surface area contributed by atoms with E-state index in [0.29, 0.717) is 34.9 Å². The Morgan fingerprint density at radius 2 is 1.82 bits per heavy atom.